The van der Waals surface area contributed by atoms with Crippen LogP contribution in [-0.2, 0) is 4.74 Å². The van der Waals surface area contributed by atoms with Gasteiger partial charge in [-0.15, -0.1) is 0 Å². The Hall–Kier alpha value is -0.730. The van der Waals surface area contributed by atoms with E-state index in [9.17, 15) is 0 Å². The number of halogens is 1. The predicted octanol–water partition coefficient (Wildman–Crippen LogP) is 3.54. The molecule has 1 saturated heterocycles. The van der Waals surface area contributed by atoms with Crippen LogP contribution in [0.1, 0.15) is 19.3 Å². The van der Waals surface area contributed by atoms with Crippen molar-refractivity contribution in [2.24, 2.45) is 5.92 Å². The summed E-state index contributed by atoms with van der Waals surface area (Å²) in [7, 11) is 0. The van der Waals surface area contributed by atoms with Crippen LogP contribution in [0, 0.1) is 5.92 Å². The molecular weight excluding hydrogens is 224 g/mol. The molecule has 16 heavy (non-hydrogen) atoms. The van der Waals surface area contributed by atoms with E-state index >= 15 is 0 Å². The largest absolute Gasteiger partial charge is 0.494 e. The van der Waals surface area contributed by atoms with E-state index in [0.29, 0.717) is 0 Å². The molecule has 2 nitrogen and oxygen atoms in total. The third-order valence-corrected chi connectivity index (χ3v) is 3.20. The monoisotopic (exact) mass is 240 g/mol. The second kappa shape index (κ2) is 6.12. The van der Waals surface area contributed by atoms with E-state index in [4.69, 9.17) is 21.1 Å². The molecule has 1 aliphatic heterocycles. The molecule has 0 bridgehead atoms. The van der Waals surface area contributed by atoms with E-state index in [-0.39, 0.29) is 0 Å². The zero-order chi connectivity index (χ0) is 11.2. The van der Waals surface area contributed by atoms with Gasteiger partial charge in [0.15, 0.2) is 0 Å². The quantitative estimate of drug-likeness (QED) is 0.802. The molecule has 0 aliphatic carbocycles. The van der Waals surface area contributed by atoms with E-state index in [1.807, 2.05) is 24.3 Å². The fraction of sp³-hybridized carbons (Fsp3) is 0.538. The van der Waals surface area contributed by atoms with E-state index in [2.05, 4.69) is 0 Å². The van der Waals surface area contributed by atoms with Crippen LogP contribution in [0.5, 0.6) is 5.75 Å². The second-order valence-electron chi connectivity index (χ2n) is 4.15. The highest BCUT2D eigenvalue weighted by atomic mass is 35.5. The molecule has 1 aromatic rings. The van der Waals surface area contributed by atoms with Gasteiger partial charge in [0.05, 0.1) is 6.61 Å². The Kier molecular flexibility index (Phi) is 4.49. The van der Waals surface area contributed by atoms with Gasteiger partial charge in [-0.25, -0.2) is 0 Å². The first kappa shape index (κ1) is 11.7. The molecule has 0 aromatic heterocycles. The first-order chi connectivity index (χ1) is 7.84. The van der Waals surface area contributed by atoms with Crippen molar-refractivity contribution >= 4 is 11.6 Å². The van der Waals surface area contributed by atoms with Crippen LogP contribution in [0.4, 0.5) is 0 Å². The van der Waals surface area contributed by atoms with Crippen LogP contribution in [-0.4, -0.2) is 19.8 Å². The van der Waals surface area contributed by atoms with Crippen LogP contribution in [0.2, 0.25) is 5.02 Å². The Labute approximate surface area is 102 Å². The molecule has 0 unspecified atom stereocenters. The Balaban J connectivity index is 1.69. The summed E-state index contributed by atoms with van der Waals surface area (Å²) < 4.78 is 11.0. The first-order valence-corrected chi connectivity index (χ1v) is 6.18. The predicted molar refractivity (Wildman–Crippen MR) is 65.1 cm³/mol. The van der Waals surface area contributed by atoms with Crippen molar-refractivity contribution in [2.45, 2.75) is 19.3 Å². The van der Waals surface area contributed by atoms with Gasteiger partial charge in [-0.3, -0.25) is 0 Å². The van der Waals surface area contributed by atoms with Gasteiger partial charge in [0.1, 0.15) is 5.75 Å². The molecular formula is C13H17ClO2. The number of hydrogen-bond acceptors (Lipinski definition) is 2. The highest BCUT2D eigenvalue weighted by Crippen LogP contribution is 2.20. The lowest BCUT2D eigenvalue weighted by atomic mass is 9.97. The average molecular weight is 241 g/mol. The van der Waals surface area contributed by atoms with Crippen molar-refractivity contribution in [3.8, 4) is 5.75 Å². The highest BCUT2D eigenvalue weighted by molar-refractivity contribution is 6.30. The minimum Gasteiger partial charge on any atom is -0.494 e. The lowest BCUT2D eigenvalue weighted by Crippen LogP contribution is -2.17. The van der Waals surface area contributed by atoms with Gasteiger partial charge in [0, 0.05) is 18.2 Å². The Bertz CT molecular complexity index is 304. The Morgan fingerprint density at radius 1 is 1.19 bits per heavy atom. The maximum atomic E-state index is 5.80. The summed E-state index contributed by atoms with van der Waals surface area (Å²) in [5.41, 5.74) is 0. The number of rotatable bonds is 4. The molecule has 0 N–H and O–H groups in total. The van der Waals surface area contributed by atoms with Crippen molar-refractivity contribution in [3.63, 3.8) is 0 Å². The van der Waals surface area contributed by atoms with Crippen molar-refractivity contribution in [1.29, 1.82) is 0 Å². The molecule has 0 spiro atoms. The van der Waals surface area contributed by atoms with Gasteiger partial charge in [-0.1, -0.05) is 11.6 Å². The minimum absolute atomic E-state index is 0.747. The van der Waals surface area contributed by atoms with Crippen LogP contribution < -0.4 is 4.74 Å². The van der Waals surface area contributed by atoms with Crippen molar-refractivity contribution in [3.05, 3.63) is 29.3 Å². The van der Waals surface area contributed by atoms with Gasteiger partial charge in [-0.2, -0.15) is 0 Å². The summed E-state index contributed by atoms with van der Waals surface area (Å²) in [5.74, 6) is 1.66. The van der Waals surface area contributed by atoms with Gasteiger partial charge >= 0.3 is 0 Å². The van der Waals surface area contributed by atoms with Gasteiger partial charge in [0.25, 0.3) is 0 Å². The van der Waals surface area contributed by atoms with E-state index in [1.54, 1.807) is 0 Å². The van der Waals surface area contributed by atoms with Gasteiger partial charge in [0.2, 0.25) is 0 Å². The smallest absolute Gasteiger partial charge is 0.119 e. The van der Waals surface area contributed by atoms with Crippen LogP contribution in [0.25, 0.3) is 0 Å². The van der Waals surface area contributed by atoms with E-state index < -0.39 is 0 Å². The van der Waals surface area contributed by atoms with Crippen molar-refractivity contribution < 1.29 is 9.47 Å². The van der Waals surface area contributed by atoms with Crippen LogP contribution in [0.15, 0.2) is 24.3 Å². The Morgan fingerprint density at radius 2 is 1.88 bits per heavy atom. The fourth-order valence-electron chi connectivity index (χ4n) is 1.91. The third-order valence-electron chi connectivity index (χ3n) is 2.95. The van der Waals surface area contributed by atoms with Crippen molar-refractivity contribution in [1.82, 2.24) is 0 Å². The second-order valence-corrected chi connectivity index (χ2v) is 4.58. The number of ether oxygens (including phenoxy) is 2. The molecule has 1 aliphatic rings. The number of benzene rings is 1. The summed E-state index contributed by atoms with van der Waals surface area (Å²) in [6.07, 6.45) is 3.46. The molecule has 0 atom stereocenters. The third kappa shape index (κ3) is 3.69. The van der Waals surface area contributed by atoms with E-state index in [1.165, 1.54) is 12.8 Å². The summed E-state index contributed by atoms with van der Waals surface area (Å²) in [6.45, 7) is 2.60. The van der Waals surface area contributed by atoms with Crippen molar-refractivity contribution in [2.75, 3.05) is 19.8 Å². The zero-order valence-corrected chi connectivity index (χ0v) is 10.1. The highest BCUT2D eigenvalue weighted by Gasteiger charge is 2.13. The standard InChI is InChI=1S/C13H17ClO2/c14-12-1-3-13(4-2-12)16-10-7-11-5-8-15-9-6-11/h1-4,11H,5-10H2. The van der Waals surface area contributed by atoms with Gasteiger partial charge in [-0.05, 0) is 49.4 Å². The van der Waals surface area contributed by atoms with E-state index in [0.717, 1.165) is 42.9 Å². The first-order valence-electron chi connectivity index (χ1n) is 5.81. The SMILES string of the molecule is Clc1ccc(OCCC2CCOCC2)cc1. The Morgan fingerprint density at radius 3 is 2.56 bits per heavy atom. The summed E-state index contributed by atoms with van der Waals surface area (Å²) in [5, 5.41) is 0.747. The lowest BCUT2D eigenvalue weighted by Gasteiger charge is -2.21. The summed E-state index contributed by atoms with van der Waals surface area (Å²) in [6, 6.07) is 7.52. The maximum absolute atomic E-state index is 5.80. The minimum atomic E-state index is 0.747. The fourth-order valence-corrected chi connectivity index (χ4v) is 2.04. The van der Waals surface area contributed by atoms with Crippen LogP contribution >= 0.6 is 11.6 Å². The summed E-state index contributed by atoms with van der Waals surface area (Å²) >= 11 is 5.80. The topological polar surface area (TPSA) is 18.5 Å². The summed E-state index contributed by atoms with van der Waals surface area (Å²) in [4.78, 5) is 0. The molecule has 1 aromatic carbocycles. The van der Waals surface area contributed by atoms with Gasteiger partial charge < -0.3 is 9.47 Å². The lowest BCUT2D eigenvalue weighted by molar-refractivity contribution is 0.0593. The molecule has 0 amide bonds. The molecule has 3 heteroatoms. The molecule has 0 radical (unpaired) electrons. The molecule has 1 heterocycles. The van der Waals surface area contributed by atoms with Crippen LogP contribution in [0.3, 0.4) is 0 Å². The molecule has 0 saturated carbocycles. The zero-order valence-electron chi connectivity index (χ0n) is 9.32. The average Bonchev–Trinajstić information content (AvgIpc) is 2.33. The maximum Gasteiger partial charge on any atom is 0.119 e. The number of hydrogen-bond donors (Lipinski definition) is 0. The molecule has 2 rings (SSSR count). The molecule has 88 valence electrons. The molecule has 1 fully saturated rings. The normalized spacial score (nSPS) is 17.3.